The van der Waals surface area contributed by atoms with Crippen molar-refractivity contribution in [3.63, 3.8) is 0 Å². The molecule has 0 aromatic carbocycles. The van der Waals surface area contributed by atoms with E-state index < -0.39 is 6.10 Å². The predicted octanol–water partition coefficient (Wildman–Crippen LogP) is 4.02. The Morgan fingerprint density at radius 2 is 1.75 bits per heavy atom. The van der Waals surface area contributed by atoms with Crippen LogP contribution < -0.4 is 0 Å². The second-order valence-corrected chi connectivity index (χ2v) is 5.24. The summed E-state index contributed by atoms with van der Waals surface area (Å²) in [6.45, 7) is 4.21. The highest BCUT2D eigenvalue weighted by Gasteiger charge is 2.25. The Kier molecular flexibility index (Phi) is 3.70. The largest absolute Gasteiger partial charge is 0.463 e. The molecule has 0 saturated heterocycles. The Balaban J connectivity index is 2.04. The lowest BCUT2D eigenvalue weighted by Crippen LogP contribution is -2.15. The Morgan fingerprint density at radius 3 is 2.31 bits per heavy atom. The van der Waals surface area contributed by atoms with E-state index in [4.69, 9.17) is 4.42 Å². The van der Waals surface area contributed by atoms with E-state index in [1.54, 1.807) is 0 Å². The van der Waals surface area contributed by atoms with Crippen molar-refractivity contribution in [2.75, 3.05) is 0 Å². The van der Waals surface area contributed by atoms with Crippen LogP contribution in [0.15, 0.2) is 16.5 Å². The summed E-state index contributed by atoms with van der Waals surface area (Å²) in [5, 5.41) is 10.2. The minimum atomic E-state index is -0.396. The highest BCUT2D eigenvalue weighted by molar-refractivity contribution is 5.12. The minimum absolute atomic E-state index is 0.396. The van der Waals surface area contributed by atoms with Gasteiger partial charge in [0.2, 0.25) is 0 Å². The second kappa shape index (κ2) is 5.05. The van der Waals surface area contributed by atoms with Gasteiger partial charge >= 0.3 is 0 Å². The van der Waals surface area contributed by atoms with Crippen LogP contribution in [0.5, 0.6) is 0 Å². The van der Waals surface area contributed by atoms with Gasteiger partial charge in [0.25, 0.3) is 0 Å². The number of aliphatic hydroxyl groups excluding tert-OH is 1. The van der Waals surface area contributed by atoms with E-state index >= 15 is 0 Å². The first kappa shape index (κ1) is 11.7. The molecule has 1 atom stereocenters. The first-order chi connectivity index (χ1) is 7.68. The number of furan rings is 1. The van der Waals surface area contributed by atoms with Crippen molar-refractivity contribution in [2.45, 2.75) is 58.0 Å². The Hall–Kier alpha value is -0.760. The zero-order valence-corrected chi connectivity index (χ0v) is 10.3. The molecule has 1 aliphatic rings. The van der Waals surface area contributed by atoms with Crippen molar-refractivity contribution in [3.8, 4) is 0 Å². The number of hydrogen-bond acceptors (Lipinski definition) is 2. The average Bonchev–Trinajstić information content (AvgIpc) is 2.78. The molecule has 0 aliphatic heterocycles. The van der Waals surface area contributed by atoms with E-state index in [0.29, 0.717) is 11.8 Å². The third-order valence-corrected chi connectivity index (χ3v) is 3.60. The first-order valence-electron chi connectivity index (χ1n) is 6.46. The molecule has 1 fully saturated rings. The Morgan fingerprint density at radius 1 is 1.12 bits per heavy atom. The van der Waals surface area contributed by atoms with Crippen LogP contribution in [0.2, 0.25) is 0 Å². The molecule has 1 heterocycles. The molecule has 0 amide bonds. The lowest BCUT2D eigenvalue weighted by atomic mass is 9.84. The molecule has 1 saturated carbocycles. The van der Waals surface area contributed by atoms with E-state index in [1.165, 1.54) is 19.3 Å². The summed E-state index contributed by atoms with van der Waals surface area (Å²) < 4.78 is 5.71. The molecule has 2 nitrogen and oxygen atoms in total. The van der Waals surface area contributed by atoms with E-state index in [1.807, 2.05) is 12.1 Å². The predicted molar refractivity (Wildman–Crippen MR) is 64.3 cm³/mol. The Bertz CT molecular complexity index is 321. The molecule has 90 valence electrons. The van der Waals surface area contributed by atoms with Crippen LogP contribution in [0.4, 0.5) is 0 Å². The molecular formula is C14H22O2. The summed E-state index contributed by atoms with van der Waals surface area (Å²) in [6.07, 6.45) is 5.70. The van der Waals surface area contributed by atoms with Gasteiger partial charge in [-0.3, -0.25) is 0 Å². The highest BCUT2D eigenvalue weighted by atomic mass is 16.4. The van der Waals surface area contributed by atoms with Gasteiger partial charge in [0.15, 0.2) is 0 Å². The quantitative estimate of drug-likeness (QED) is 0.838. The van der Waals surface area contributed by atoms with Gasteiger partial charge in [-0.2, -0.15) is 0 Å². The summed E-state index contributed by atoms with van der Waals surface area (Å²) in [6, 6.07) is 3.93. The summed E-state index contributed by atoms with van der Waals surface area (Å²) in [5.74, 6) is 2.53. The fraction of sp³-hybridized carbons (Fsp3) is 0.714. The smallest absolute Gasteiger partial charge is 0.132 e. The van der Waals surface area contributed by atoms with Crippen LogP contribution in [-0.4, -0.2) is 5.11 Å². The zero-order chi connectivity index (χ0) is 11.5. The van der Waals surface area contributed by atoms with Gasteiger partial charge in [-0.05, 0) is 30.9 Å². The average molecular weight is 222 g/mol. The van der Waals surface area contributed by atoms with Crippen molar-refractivity contribution in [2.24, 2.45) is 5.92 Å². The molecule has 0 radical (unpaired) electrons. The van der Waals surface area contributed by atoms with Crippen LogP contribution in [0.25, 0.3) is 0 Å². The fourth-order valence-corrected chi connectivity index (χ4v) is 2.52. The third-order valence-electron chi connectivity index (χ3n) is 3.60. The van der Waals surface area contributed by atoms with Crippen molar-refractivity contribution in [1.29, 1.82) is 0 Å². The standard InChI is InChI=1S/C14H22O2/c1-10(2)12-8-9-13(16-12)14(15)11-6-4-3-5-7-11/h8-11,14-15H,3-7H2,1-2H3. The van der Waals surface area contributed by atoms with Crippen LogP contribution in [0.1, 0.15) is 69.5 Å². The van der Waals surface area contributed by atoms with Gasteiger partial charge in [-0.1, -0.05) is 33.1 Å². The molecular weight excluding hydrogens is 200 g/mol. The maximum Gasteiger partial charge on any atom is 0.132 e. The third kappa shape index (κ3) is 2.49. The molecule has 1 aromatic heterocycles. The highest BCUT2D eigenvalue weighted by Crippen LogP contribution is 2.35. The van der Waals surface area contributed by atoms with Crippen LogP contribution in [-0.2, 0) is 0 Å². The van der Waals surface area contributed by atoms with Gasteiger partial charge in [-0.25, -0.2) is 0 Å². The molecule has 1 aromatic rings. The van der Waals surface area contributed by atoms with Crippen molar-refractivity contribution < 1.29 is 9.52 Å². The first-order valence-corrected chi connectivity index (χ1v) is 6.46. The normalized spacial score (nSPS) is 20.2. The van der Waals surface area contributed by atoms with Gasteiger partial charge in [-0.15, -0.1) is 0 Å². The number of aliphatic hydroxyl groups is 1. The van der Waals surface area contributed by atoms with Crippen LogP contribution in [0.3, 0.4) is 0 Å². The van der Waals surface area contributed by atoms with Crippen molar-refractivity contribution in [3.05, 3.63) is 23.7 Å². The van der Waals surface area contributed by atoms with E-state index in [0.717, 1.165) is 24.4 Å². The number of rotatable bonds is 3. The van der Waals surface area contributed by atoms with Crippen LogP contribution >= 0.6 is 0 Å². The van der Waals surface area contributed by atoms with Gasteiger partial charge in [0.1, 0.15) is 17.6 Å². The van der Waals surface area contributed by atoms with E-state index in [9.17, 15) is 5.11 Å². The maximum absolute atomic E-state index is 10.2. The molecule has 2 rings (SSSR count). The molecule has 2 heteroatoms. The van der Waals surface area contributed by atoms with Gasteiger partial charge in [0, 0.05) is 5.92 Å². The summed E-state index contributed by atoms with van der Waals surface area (Å²) in [7, 11) is 0. The van der Waals surface area contributed by atoms with Gasteiger partial charge in [0.05, 0.1) is 0 Å². The van der Waals surface area contributed by atoms with Gasteiger partial charge < -0.3 is 9.52 Å². The summed E-state index contributed by atoms with van der Waals surface area (Å²) in [4.78, 5) is 0. The monoisotopic (exact) mass is 222 g/mol. The topological polar surface area (TPSA) is 33.4 Å². The fourth-order valence-electron chi connectivity index (χ4n) is 2.52. The molecule has 1 aliphatic carbocycles. The molecule has 0 spiro atoms. The minimum Gasteiger partial charge on any atom is -0.463 e. The maximum atomic E-state index is 10.2. The zero-order valence-electron chi connectivity index (χ0n) is 10.3. The molecule has 0 bridgehead atoms. The molecule has 16 heavy (non-hydrogen) atoms. The SMILES string of the molecule is CC(C)c1ccc(C(O)C2CCCCC2)o1. The second-order valence-electron chi connectivity index (χ2n) is 5.24. The molecule has 1 unspecified atom stereocenters. The van der Waals surface area contributed by atoms with Crippen LogP contribution in [0, 0.1) is 5.92 Å². The van der Waals surface area contributed by atoms with Crippen molar-refractivity contribution in [1.82, 2.24) is 0 Å². The van der Waals surface area contributed by atoms with Crippen molar-refractivity contribution >= 4 is 0 Å². The lowest BCUT2D eigenvalue weighted by Gasteiger charge is -2.25. The lowest BCUT2D eigenvalue weighted by molar-refractivity contribution is 0.0640. The summed E-state index contributed by atoms with van der Waals surface area (Å²) in [5.41, 5.74) is 0. The summed E-state index contributed by atoms with van der Waals surface area (Å²) >= 11 is 0. The Labute approximate surface area is 97.7 Å². The number of hydrogen-bond donors (Lipinski definition) is 1. The van der Waals surface area contributed by atoms with E-state index in [2.05, 4.69) is 13.8 Å². The molecule has 1 N–H and O–H groups in total. The van der Waals surface area contributed by atoms with E-state index in [-0.39, 0.29) is 0 Å².